The fourth-order valence-electron chi connectivity index (χ4n) is 8.87. The number of phenols is 1. The van der Waals surface area contributed by atoms with Crippen molar-refractivity contribution >= 4 is 75.3 Å². The molecule has 0 radical (unpaired) electrons. The highest BCUT2D eigenvalue weighted by Crippen LogP contribution is 2.65. The third-order valence-corrected chi connectivity index (χ3v) is 12.1. The first-order valence-electron chi connectivity index (χ1n) is 17.5. The van der Waals surface area contributed by atoms with Gasteiger partial charge in [0, 0.05) is 36.3 Å². The average Bonchev–Trinajstić information content (AvgIpc) is 3.52. The third-order valence-electron chi connectivity index (χ3n) is 11.5. The van der Waals surface area contributed by atoms with E-state index in [9.17, 15) is 28.7 Å². The summed E-state index contributed by atoms with van der Waals surface area (Å²) < 4.78 is 14.7. The molecule has 4 aromatic carbocycles. The van der Waals surface area contributed by atoms with Crippen molar-refractivity contribution < 1.29 is 28.7 Å². The van der Waals surface area contributed by atoms with E-state index in [0.717, 1.165) is 16.7 Å². The van der Waals surface area contributed by atoms with E-state index in [-0.39, 0.29) is 35.2 Å². The lowest BCUT2D eigenvalue weighted by atomic mass is 9.51. The Kier molecular flexibility index (Phi) is 8.69. The molecule has 8 rings (SSSR count). The number of halogens is 3. The average molecular weight is 767 g/mol. The highest BCUT2D eigenvalue weighted by molar-refractivity contribution is 6.36. The second-order valence-corrected chi connectivity index (χ2v) is 15.4. The first kappa shape index (κ1) is 35.6. The van der Waals surface area contributed by atoms with Gasteiger partial charge in [-0.15, -0.1) is 0 Å². The summed E-state index contributed by atoms with van der Waals surface area (Å²) in [4.78, 5) is 61.6. The van der Waals surface area contributed by atoms with E-state index in [1.807, 2.05) is 49.3 Å². The maximum absolute atomic E-state index is 14.7. The number of carbonyl (C=O) groups excluding carboxylic acids is 4. The molecule has 0 bridgehead atoms. The molecular formula is C41H34Cl2FN5O5. The number of imide groups is 2. The van der Waals surface area contributed by atoms with Gasteiger partial charge >= 0.3 is 0 Å². The van der Waals surface area contributed by atoms with E-state index in [1.54, 1.807) is 37.3 Å². The van der Waals surface area contributed by atoms with Gasteiger partial charge in [-0.3, -0.25) is 24.1 Å². The number of amides is 4. The zero-order chi connectivity index (χ0) is 38.2. The Labute approximate surface area is 320 Å². The van der Waals surface area contributed by atoms with Crippen molar-refractivity contribution in [3.8, 4) is 5.75 Å². The molecule has 1 N–H and O–H groups in total. The molecule has 4 amide bonds. The van der Waals surface area contributed by atoms with Crippen molar-refractivity contribution in [3.63, 3.8) is 0 Å². The fourth-order valence-corrected chi connectivity index (χ4v) is 9.26. The van der Waals surface area contributed by atoms with Crippen LogP contribution >= 0.6 is 23.2 Å². The number of benzene rings is 4. The number of nitrogens with zero attached hydrogens (tertiary/aromatic N) is 5. The Balaban J connectivity index is 1.14. The fraction of sp³-hybridized carbons (Fsp3) is 0.268. The summed E-state index contributed by atoms with van der Waals surface area (Å²) in [6.07, 6.45) is 2.14. The van der Waals surface area contributed by atoms with E-state index in [2.05, 4.69) is 10.2 Å². The molecule has 2 aliphatic carbocycles. The van der Waals surface area contributed by atoms with E-state index < -0.39 is 58.5 Å². The van der Waals surface area contributed by atoms with Gasteiger partial charge in [-0.05, 0) is 105 Å². The summed E-state index contributed by atoms with van der Waals surface area (Å²) in [6.45, 7) is 1.66. The number of fused-ring (bicyclic) bond motifs is 4. The molecule has 13 heteroatoms. The van der Waals surface area contributed by atoms with Gasteiger partial charge < -0.3 is 10.0 Å². The smallest absolute Gasteiger partial charge is 0.241 e. The summed E-state index contributed by atoms with van der Waals surface area (Å²) >= 11 is 12.8. The lowest BCUT2D eigenvalue weighted by molar-refractivity contribution is -0.131. The number of allylic oxidation sites excluding steroid dienone is 2. The highest BCUT2D eigenvalue weighted by atomic mass is 35.5. The molecule has 4 aliphatic rings. The van der Waals surface area contributed by atoms with E-state index in [0.29, 0.717) is 33.2 Å². The Morgan fingerprint density at radius 2 is 1.50 bits per heavy atom. The van der Waals surface area contributed by atoms with Gasteiger partial charge in [0.15, 0.2) is 0 Å². The van der Waals surface area contributed by atoms with Gasteiger partial charge in [-0.1, -0.05) is 40.9 Å². The molecular weight excluding hydrogens is 732 g/mol. The van der Waals surface area contributed by atoms with Crippen LogP contribution in [0.1, 0.15) is 31.2 Å². The highest BCUT2D eigenvalue weighted by Gasteiger charge is 2.68. The monoisotopic (exact) mass is 765 g/mol. The largest absolute Gasteiger partial charge is 0.508 e. The number of hydrogen-bond donors (Lipinski definition) is 1. The maximum atomic E-state index is 14.7. The van der Waals surface area contributed by atoms with E-state index >= 15 is 0 Å². The summed E-state index contributed by atoms with van der Waals surface area (Å²) in [5.74, 6) is -7.05. The number of anilines is 3. The summed E-state index contributed by atoms with van der Waals surface area (Å²) in [6, 6.07) is 22.6. The molecule has 2 aliphatic heterocycles. The van der Waals surface area contributed by atoms with Gasteiger partial charge in [0.2, 0.25) is 23.6 Å². The quantitative estimate of drug-likeness (QED) is 0.119. The minimum Gasteiger partial charge on any atom is -0.508 e. The van der Waals surface area contributed by atoms with Gasteiger partial charge in [0.05, 0.1) is 45.9 Å². The number of aromatic hydroxyl groups is 1. The first-order chi connectivity index (χ1) is 25.8. The molecule has 0 spiro atoms. The SMILES string of the molecule is CN(C)c1ccc(N=Nc2ccc(N3C(=O)[C@H]4[C@H](CC=C5[C@H]4C[C@H]4C(=O)N(c6cccc(F)c6Cl)C(=O)[C@@]4(C)[C@H]5c4cc(Cl)ccc4O)C3=O)cc2)cc1. The van der Waals surface area contributed by atoms with Gasteiger partial charge in [0.25, 0.3) is 0 Å². The van der Waals surface area contributed by atoms with Crippen LogP contribution in [-0.4, -0.2) is 42.8 Å². The summed E-state index contributed by atoms with van der Waals surface area (Å²) in [7, 11) is 3.90. The molecule has 1 saturated carbocycles. The molecule has 0 aromatic heterocycles. The summed E-state index contributed by atoms with van der Waals surface area (Å²) in [5, 5.41) is 19.8. The number of phenolic OH excluding ortho intramolecular Hbond substituents is 1. The minimum atomic E-state index is -1.48. The third kappa shape index (κ3) is 5.43. The molecule has 4 aromatic rings. The van der Waals surface area contributed by atoms with Crippen molar-refractivity contribution in [2.75, 3.05) is 28.8 Å². The Morgan fingerprint density at radius 1 is 0.833 bits per heavy atom. The van der Waals surface area contributed by atoms with Crippen LogP contribution in [0.5, 0.6) is 5.75 Å². The predicted molar refractivity (Wildman–Crippen MR) is 203 cm³/mol. The van der Waals surface area contributed by atoms with E-state index in [1.165, 1.54) is 29.2 Å². The summed E-state index contributed by atoms with van der Waals surface area (Å²) in [5.41, 5.74) is 2.00. The van der Waals surface area contributed by atoms with Gasteiger partial charge in [0.1, 0.15) is 16.6 Å². The molecule has 6 atom stereocenters. The van der Waals surface area contributed by atoms with Crippen LogP contribution in [0.15, 0.2) is 107 Å². The minimum absolute atomic E-state index is 0.0665. The molecule has 2 saturated heterocycles. The standard InChI is InChI=1S/C41H34Cl2FN5O5/c1-41-30(38(52)49(40(41)54)32-6-4-5-31(44)36(32)43)20-28-26(35(41)29-19-21(42)7-18-33(29)50)16-17-27-34(28)39(53)48(37(27)51)25-14-10-23(11-15-25)46-45-22-8-12-24(13-9-22)47(2)3/h4-16,18-19,27-28,30,34-35,50H,17,20H2,1-3H3/t27-,28+,30-,34-,35+,41+/m0/s1. The van der Waals surface area contributed by atoms with Gasteiger partial charge in [-0.25, -0.2) is 9.29 Å². The Hall–Kier alpha value is -5.39. The molecule has 0 unspecified atom stereocenters. The predicted octanol–water partition coefficient (Wildman–Crippen LogP) is 8.75. The normalized spacial score (nSPS) is 26.3. The van der Waals surface area contributed by atoms with Crippen LogP contribution in [0.25, 0.3) is 0 Å². The number of hydrogen-bond acceptors (Lipinski definition) is 8. The van der Waals surface area contributed by atoms with Crippen molar-refractivity contribution in [1.29, 1.82) is 0 Å². The maximum Gasteiger partial charge on any atom is 0.241 e. The van der Waals surface area contributed by atoms with Crippen molar-refractivity contribution in [2.24, 2.45) is 39.3 Å². The molecule has 3 fully saturated rings. The Morgan fingerprint density at radius 3 is 2.17 bits per heavy atom. The van der Waals surface area contributed by atoms with Crippen molar-refractivity contribution in [3.05, 3.63) is 118 Å². The Bertz CT molecular complexity index is 2310. The van der Waals surface area contributed by atoms with Crippen molar-refractivity contribution in [1.82, 2.24) is 0 Å². The van der Waals surface area contributed by atoms with Crippen LogP contribution in [0.3, 0.4) is 0 Å². The van der Waals surface area contributed by atoms with E-state index in [4.69, 9.17) is 23.2 Å². The van der Waals surface area contributed by atoms with Crippen molar-refractivity contribution in [2.45, 2.75) is 25.7 Å². The second kappa shape index (κ2) is 13.2. The zero-order valence-corrected chi connectivity index (χ0v) is 30.9. The number of azo groups is 1. The van der Waals surface area contributed by atoms with Crippen LogP contribution < -0.4 is 14.7 Å². The van der Waals surface area contributed by atoms with Crippen LogP contribution in [0.4, 0.5) is 32.8 Å². The van der Waals surface area contributed by atoms with Crippen LogP contribution in [0.2, 0.25) is 10.0 Å². The molecule has 10 nitrogen and oxygen atoms in total. The lowest BCUT2D eigenvalue weighted by Gasteiger charge is -2.49. The molecule has 274 valence electrons. The molecule has 2 heterocycles. The van der Waals surface area contributed by atoms with Crippen LogP contribution in [0, 0.1) is 34.9 Å². The second-order valence-electron chi connectivity index (χ2n) is 14.6. The first-order valence-corrected chi connectivity index (χ1v) is 18.2. The number of carbonyl (C=O) groups is 4. The lowest BCUT2D eigenvalue weighted by Crippen LogP contribution is -2.48. The number of rotatable bonds is 6. The molecule has 54 heavy (non-hydrogen) atoms. The topological polar surface area (TPSA) is 123 Å². The van der Waals surface area contributed by atoms with Crippen LogP contribution in [-0.2, 0) is 19.2 Å². The zero-order valence-electron chi connectivity index (χ0n) is 29.4. The van der Waals surface area contributed by atoms with Gasteiger partial charge in [-0.2, -0.15) is 10.2 Å².